The van der Waals surface area contributed by atoms with Crippen molar-refractivity contribution in [1.29, 1.82) is 0 Å². The number of carbonyl (C=O) groups excluding carboxylic acids is 1. The lowest BCUT2D eigenvalue weighted by molar-refractivity contribution is 0.0951. The molecule has 3 aromatic rings. The standard InChI is InChI=1S/C17H20N4O2/c1-11-7-16-19-9-14(10-21(16)20-11)5-4-6-18-17(22)15-8-12(2)23-13(15)3/h7-10H,4-6H2,1-3H3,(H,18,22). The topological polar surface area (TPSA) is 72.4 Å². The Balaban J connectivity index is 1.52. The van der Waals surface area contributed by atoms with Crippen LogP contribution in [0.3, 0.4) is 0 Å². The molecule has 3 heterocycles. The van der Waals surface area contributed by atoms with Crippen LogP contribution in [-0.4, -0.2) is 27.0 Å². The molecule has 0 aliphatic rings. The second kappa shape index (κ2) is 6.24. The summed E-state index contributed by atoms with van der Waals surface area (Å²) in [5, 5.41) is 7.28. The maximum atomic E-state index is 12.1. The van der Waals surface area contributed by atoms with Crippen molar-refractivity contribution in [3.8, 4) is 0 Å². The highest BCUT2D eigenvalue weighted by Crippen LogP contribution is 2.13. The smallest absolute Gasteiger partial charge is 0.254 e. The van der Waals surface area contributed by atoms with Gasteiger partial charge in [-0.15, -0.1) is 0 Å². The molecule has 0 aliphatic heterocycles. The molecular weight excluding hydrogens is 292 g/mol. The van der Waals surface area contributed by atoms with E-state index < -0.39 is 0 Å². The molecule has 0 bridgehead atoms. The van der Waals surface area contributed by atoms with Gasteiger partial charge >= 0.3 is 0 Å². The summed E-state index contributed by atoms with van der Waals surface area (Å²) < 4.78 is 7.17. The second-order valence-corrected chi connectivity index (χ2v) is 5.74. The summed E-state index contributed by atoms with van der Waals surface area (Å²) in [7, 11) is 0. The minimum atomic E-state index is -0.0874. The van der Waals surface area contributed by atoms with Gasteiger partial charge in [-0.3, -0.25) is 4.79 Å². The van der Waals surface area contributed by atoms with Gasteiger partial charge in [0.05, 0.1) is 11.3 Å². The Morgan fingerprint density at radius 2 is 2.13 bits per heavy atom. The highest BCUT2D eigenvalue weighted by atomic mass is 16.3. The minimum Gasteiger partial charge on any atom is -0.466 e. The second-order valence-electron chi connectivity index (χ2n) is 5.74. The third-order valence-electron chi connectivity index (χ3n) is 3.70. The number of amides is 1. The fraction of sp³-hybridized carbons (Fsp3) is 0.353. The first kappa shape index (κ1) is 15.3. The molecule has 0 spiro atoms. The van der Waals surface area contributed by atoms with Crippen molar-refractivity contribution in [2.45, 2.75) is 33.6 Å². The first-order valence-electron chi connectivity index (χ1n) is 7.69. The highest BCUT2D eigenvalue weighted by Gasteiger charge is 2.12. The van der Waals surface area contributed by atoms with E-state index in [1.165, 1.54) is 0 Å². The number of aryl methyl sites for hydroxylation is 4. The summed E-state index contributed by atoms with van der Waals surface area (Å²) >= 11 is 0. The van der Waals surface area contributed by atoms with Crippen LogP contribution < -0.4 is 5.32 Å². The molecule has 120 valence electrons. The highest BCUT2D eigenvalue weighted by molar-refractivity contribution is 5.95. The normalized spacial score (nSPS) is 11.1. The van der Waals surface area contributed by atoms with E-state index >= 15 is 0 Å². The van der Waals surface area contributed by atoms with Gasteiger partial charge in [-0.1, -0.05) is 0 Å². The van der Waals surface area contributed by atoms with Gasteiger partial charge in [-0.05, 0) is 45.2 Å². The summed E-state index contributed by atoms with van der Waals surface area (Å²) in [4.78, 5) is 16.4. The summed E-state index contributed by atoms with van der Waals surface area (Å²) in [5.74, 6) is 1.32. The Labute approximate surface area is 134 Å². The van der Waals surface area contributed by atoms with E-state index in [1.54, 1.807) is 17.5 Å². The Morgan fingerprint density at radius 3 is 2.87 bits per heavy atom. The lowest BCUT2D eigenvalue weighted by Crippen LogP contribution is -2.25. The zero-order valence-electron chi connectivity index (χ0n) is 13.6. The van der Waals surface area contributed by atoms with E-state index in [1.807, 2.05) is 32.3 Å². The molecule has 0 aromatic carbocycles. The number of carbonyl (C=O) groups is 1. The van der Waals surface area contributed by atoms with Gasteiger partial charge in [0.1, 0.15) is 11.5 Å². The molecule has 1 amide bonds. The van der Waals surface area contributed by atoms with E-state index in [9.17, 15) is 4.79 Å². The Hall–Kier alpha value is -2.63. The first-order chi connectivity index (χ1) is 11.0. The molecule has 3 rings (SSSR count). The van der Waals surface area contributed by atoms with Crippen LogP contribution in [0.5, 0.6) is 0 Å². The molecule has 0 atom stereocenters. The lowest BCUT2D eigenvalue weighted by Gasteiger charge is -2.05. The zero-order valence-corrected chi connectivity index (χ0v) is 13.6. The number of fused-ring (bicyclic) bond motifs is 1. The molecule has 0 unspecified atom stereocenters. The van der Waals surface area contributed by atoms with Crippen LogP contribution in [0.4, 0.5) is 0 Å². The Kier molecular flexibility index (Phi) is 4.14. The van der Waals surface area contributed by atoms with Crippen molar-refractivity contribution in [3.63, 3.8) is 0 Å². The number of aromatic nitrogens is 3. The van der Waals surface area contributed by atoms with Gasteiger partial charge in [0, 0.05) is 25.0 Å². The quantitative estimate of drug-likeness (QED) is 0.735. The van der Waals surface area contributed by atoms with Crippen molar-refractivity contribution >= 4 is 11.6 Å². The van der Waals surface area contributed by atoms with Crippen LogP contribution in [0, 0.1) is 20.8 Å². The van der Waals surface area contributed by atoms with Gasteiger partial charge in [0.2, 0.25) is 0 Å². The van der Waals surface area contributed by atoms with Gasteiger partial charge in [0.25, 0.3) is 5.91 Å². The van der Waals surface area contributed by atoms with Crippen molar-refractivity contribution < 1.29 is 9.21 Å². The molecule has 3 aromatic heterocycles. The van der Waals surface area contributed by atoms with Crippen molar-refractivity contribution in [2.75, 3.05) is 6.54 Å². The molecule has 0 saturated heterocycles. The van der Waals surface area contributed by atoms with Gasteiger partial charge in [0.15, 0.2) is 5.65 Å². The molecule has 0 fully saturated rings. The number of rotatable bonds is 5. The molecule has 0 aliphatic carbocycles. The molecule has 1 N–H and O–H groups in total. The molecule has 6 nitrogen and oxygen atoms in total. The van der Waals surface area contributed by atoms with Crippen LogP contribution in [-0.2, 0) is 6.42 Å². The van der Waals surface area contributed by atoms with Gasteiger partial charge in [-0.2, -0.15) is 5.10 Å². The summed E-state index contributed by atoms with van der Waals surface area (Å²) in [6.45, 7) is 6.20. The Bertz CT molecular complexity index is 848. The van der Waals surface area contributed by atoms with Crippen LogP contribution in [0.25, 0.3) is 5.65 Å². The monoisotopic (exact) mass is 312 g/mol. The van der Waals surface area contributed by atoms with E-state index in [-0.39, 0.29) is 5.91 Å². The van der Waals surface area contributed by atoms with E-state index in [2.05, 4.69) is 15.4 Å². The summed E-state index contributed by atoms with van der Waals surface area (Å²) in [6.07, 6.45) is 5.53. The molecular formula is C17H20N4O2. The van der Waals surface area contributed by atoms with Crippen molar-refractivity contribution in [1.82, 2.24) is 19.9 Å². The third-order valence-corrected chi connectivity index (χ3v) is 3.70. The van der Waals surface area contributed by atoms with Crippen molar-refractivity contribution in [2.24, 2.45) is 0 Å². The third kappa shape index (κ3) is 3.41. The molecule has 0 saturated carbocycles. The maximum absolute atomic E-state index is 12.1. The fourth-order valence-electron chi connectivity index (χ4n) is 2.61. The summed E-state index contributed by atoms with van der Waals surface area (Å²) in [5.41, 5.74) is 3.51. The average Bonchev–Trinajstić information content (AvgIpc) is 3.03. The Morgan fingerprint density at radius 1 is 1.30 bits per heavy atom. The zero-order chi connectivity index (χ0) is 16.4. The van der Waals surface area contributed by atoms with Gasteiger partial charge in [-0.25, -0.2) is 9.50 Å². The van der Waals surface area contributed by atoms with Crippen LogP contribution in [0.1, 0.15) is 39.6 Å². The van der Waals surface area contributed by atoms with E-state index in [0.717, 1.165) is 35.5 Å². The average molecular weight is 312 g/mol. The van der Waals surface area contributed by atoms with E-state index in [0.29, 0.717) is 17.9 Å². The largest absolute Gasteiger partial charge is 0.466 e. The SMILES string of the molecule is Cc1cc2ncc(CCCNC(=O)c3cc(C)oc3C)cn2n1. The predicted molar refractivity (Wildman–Crippen MR) is 86.6 cm³/mol. The molecule has 6 heteroatoms. The molecule has 0 radical (unpaired) electrons. The van der Waals surface area contributed by atoms with Crippen LogP contribution in [0.2, 0.25) is 0 Å². The van der Waals surface area contributed by atoms with Gasteiger partial charge < -0.3 is 9.73 Å². The summed E-state index contributed by atoms with van der Waals surface area (Å²) in [6, 6.07) is 3.71. The minimum absolute atomic E-state index is 0.0874. The van der Waals surface area contributed by atoms with E-state index in [4.69, 9.17) is 4.42 Å². The molecule has 23 heavy (non-hydrogen) atoms. The number of hydrogen-bond acceptors (Lipinski definition) is 4. The number of hydrogen-bond donors (Lipinski definition) is 1. The van der Waals surface area contributed by atoms with Crippen LogP contribution in [0.15, 0.2) is 28.9 Å². The maximum Gasteiger partial charge on any atom is 0.254 e. The number of nitrogens with one attached hydrogen (secondary N) is 1. The van der Waals surface area contributed by atoms with Crippen molar-refractivity contribution in [3.05, 3.63) is 52.9 Å². The fourth-order valence-corrected chi connectivity index (χ4v) is 2.61. The lowest BCUT2D eigenvalue weighted by atomic mass is 10.2. The predicted octanol–water partition coefficient (Wildman–Crippen LogP) is 2.61. The number of nitrogens with zero attached hydrogens (tertiary/aromatic N) is 3. The van der Waals surface area contributed by atoms with Crippen LogP contribution >= 0.6 is 0 Å². The number of furan rings is 1. The first-order valence-corrected chi connectivity index (χ1v) is 7.69.